The van der Waals surface area contributed by atoms with E-state index in [4.69, 9.17) is 9.72 Å². The molecule has 0 aliphatic heterocycles. The molecule has 0 saturated carbocycles. The van der Waals surface area contributed by atoms with Crippen molar-refractivity contribution in [3.05, 3.63) is 36.0 Å². The van der Waals surface area contributed by atoms with Gasteiger partial charge in [0, 0.05) is 23.1 Å². The van der Waals surface area contributed by atoms with Gasteiger partial charge in [-0.3, -0.25) is 0 Å². The molecule has 0 unspecified atom stereocenters. The van der Waals surface area contributed by atoms with E-state index in [0.717, 1.165) is 27.6 Å². The van der Waals surface area contributed by atoms with Crippen molar-refractivity contribution >= 4 is 32.8 Å². The maximum atomic E-state index is 14.6. The Kier molecular flexibility index (Phi) is 3.00. The third-order valence-electron chi connectivity index (χ3n) is 4.13. The summed E-state index contributed by atoms with van der Waals surface area (Å²) in [4.78, 5) is 16.6. The van der Waals surface area contributed by atoms with Gasteiger partial charge < -0.3 is 9.72 Å². The summed E-state index contributed by atoms with van der Waals surface area (Å²) in [6.45, 7) is 6.28. The fourth-order valence-electron chi connectivity index (χ4n) is 2.85. The first-order valence-corrected chi connectivity index (χ1v) is 7.70. The molecule has 24 heavy (non-hydrogen) atoms. The molecule has 6 heteroatoms. The van der Waals surface area contributed by atoms with E-state index in [1.165, 1.54) is 13.2 Å². The summed E-state index contributed by atoms with van der Waals surface area (Å²) >= 11 is 0. The Bertz CT molecular complexity index is 1100. The van der Waals surface area contributed by atoms with Crippen LogP contribution in [0.15, 0.2) is 24.4 Å². The molecule has 3 heterocycles. The molecule has 0 bridgehead atoms. The van der Waals surface area contributed by atoms with Crippen molar-refractivity contribution in [2.45, 2.75) is 26.2 Å². The molecule has 0 atom stereocenters. The van der Waals surface area contributed by atoms with Gasteiger partial charge in [-0.1, -0.05) is 26.8 Å². The molecule has 0 aliphatic carbocycles. The topological polar surface area (TPSA) is 63.7 Å². The molecule has 122 valence electrons. The van der Waals surface area contributed by atoms with E-state index in [1.807, 2.05) is 12.1 Å². The summed E-state index contributed by atoms with van der Waals surface area (Å²) in [5.41, 5.74) is 1.93. The first kappa shape index (κ1) is 14.8. The first-order chi connectivity index (χ1) is 11.4. The number of hydrogen-bond donors (Lipinski definition) is 1. The van der Waals surface area contributed by atoms with Crippen molar-refractivity contribution in [3.8, 4) is 5.88 Å². The Morgan fingerprint density at radius 3 is 2.62 bits per heavy atom. The molecule has 0 radical (unpaired) electrons. The van der Waals surface area contributed by atoms with Crippen LogP contribution in [0.1, 0.15) is 26.6 Å². The lowest BCUT2D eigenvalue weighted by Gasteiger charge is -2.13. The molecule has 0 fully saturated rings. The number of fused-ring (bicyclic) bond motifs is 5. The van der Waals surface area contributed by atoms with Crippen molar-refractivity contribution in [3.63, 3.8) is 0 Å². The van der Waals surface area contributed by atoms with Crippen LogP contribution in [0.2, 0.25) is 0 Å². The number of aromatic nitrogens is 4. The molecule has 0 aliphatic rings. The lowest BCUT2D eigenvalue weighted by molar-refractivity contribution is 0.396. The van der Waals surface area contributed by atoms with Crippen molar-refractivity contribution in [1.29, 1.82) is 0 Å². The lowest BCUT2D eigenvalue weighted by Crippen LogP contribution is -2.12. The molecule has 1 N–H and O–H groups in total. The summed E-state index contributed by atoms with van der Waals surface area (Å²) in [7, 11) is 1.45. The Balaban J connectivity index is 2.11. The summed E-state index contributed by atoms with van der Waals surface area (Å²) in [5.74, 6) is 0.696. The Labute approximate surface area is 137 Å². The molecular weight excluding hydrogens is 307 g/mol. The van der Waals surface area contributed by atoms with E-state index >= 15 is 0 Å². The van der Waals surface area contributed by atoms with E-state index in [9.17, 15) is 4.39 Å². The standard InChI is InChI=1S/C18H17FN4O/c1-18(2,3)17-21-12-6-5-9-10(15(12)23-17)8-20-16-14(9)11(19)7-13(22-16)24-4/h5-8H,1-4H3,(H,21,23). The van der Waals surface area contributed by atoms with Crippen LogP contribution >= 0.6 is 0 Å². The monoisotopic (exact) mass is 324 g/mol. The summed E-state index contributed by atoms with van der Waals surface area (Å²) in [6.07, 6.45) is 1.69. The second-order valence-corrected chi connectivity index (χ2v) is 6.86. The molecular formula is C18H17FN4O. The summed E-state index contributed by atoms with van der Waals surface area (Å²) in [6, 6.07) is 5.07. The van der Waals surface area contributed by atoms with Crippen LogP contribution in [0, 0.1) is 5.82 Å². The Morgan fingerprint density at radius 2 is 1.92 bits per heavy atom. The molecule has 0 spiro atoms. The lowest BCUT2D eigenvalue weighted by atomic mass is 9.96. The number of ether oxygens (including phenoxy) is 1. The fraction of sp³-hybridized carbons (Fsp3) is 0.278. The Morgan fingerprint density at radius 1 is 1.12 bits per heavy atom. The average Bonchev–Trinajstić information content (AvgIpc) is 2.98. The Hall–Kier alpha value is -2.76. The van der Waals surface area contributed by atoms with Crippen molar-refractivity contribution in [1.82, 2.24) is 19.9 Å². The highest BCUT2D eigenvalue weighted by molar-refractivity contribution is 6.13. The van der Waals surface area contributed by atoms with Gasteiger partial charge in [-0.25, -0.2) is 14.4 Å². The minimum absolute atomic E-state index is 0.101. The quantitative estimate of drug-likeness (QED) is 0.535. The molecule has 1 aromatic carbocycles. The summed E-state index contributed by atoms with van der Waals surface area (Å²) < 4.78 is 19.6. The number of methoxy groups -OCH3 is 1. The average molecular weight is 324 g/mol. The molecule has 5 nitrogen and oxygen atoms in total. The van der Waals surface area contributed by atoms with Crippen molar-refractivity contribution in [2.75, 3.05) is 7.11 Å². The molecule has 0 amide bonds. The van der Waals surface area contributed by atoms with Crippen LogP contribution in [0.3, 0.4) is 0 Å². The van der Waals surface area contributed by atoms with Crippen LogP contribution in [-0.4, -0.2) is 27.0 Å². The van der Waals surface area contributed by atoms with E-state index < -0.39 is 5.82 Å². The molecule has 0 saturated heterocycles. The molecule has 4 rings (SSSR count). The molecule has 4 aromatic rings. The van der Waals surface area contributed by atoms with Gasteiger partial charge in [-0.05, 0) is 11.5 Å². The predicted molar refractivity (Wildman–Crippen MR) is 91.9 cm³/mol. The highest BCUT2D eigenvalue weighted by Crippen LogP contribution is 2.32. The number of nitrogens with zero attached hydrogens (tertiary/aromatic N) is 3. The van der Waals surface area contributed by atoms with E-state index in [1.54, 1.807) is 6.20 Å². The number of benzene rings is 1. The van der Waals surface area contributed by atoms with Gasteiger partial charge in [-0.2, -0.15) is 4.98 Å². The number of aromatic amines is 1. The van der Waals surface area contributed by atoms with Gasteiger partial charge in [0.2, 0.25) is 5.88 Å². The SMILES string of the molecule is COc1cc(F)c2c(ncc3c2ccc2[nH]c(C(C)(C)C)nc23)n1. The third-order valence-corrected chi connectivity index (χ3v) is 4.13. The van der Waals surface area contributed by atoms with Gasteiger partial charge >= 0.3 is 0 Å². The zero-order valence-corrected chi connectivity index (χ0v) is 13.9. The maximum Gasteiger partial charge on any atom is 0.217 e. The second-order valence-electron chi connectivity index (χ2n) is 6.86. The third kappa shape index (κ3) is 2.10. The number of halogens is 1. The second kappa shape index (κ2) is 4.87. The first-order valence-electron chi connectivity index (χ1n) is 7.70. The van der Waals surface area contributed by atoms with Crippen molar-refractivity contribution < 1.29 is 9.13 Å². The van der Waals surface area contributed by atoms with Crippen LogP contribution in [-0.2, 0) is 5.41 Å². The van der Waals surface area contributed by atoms with Crippen LogP contribution in [0.4, 0.5) is 4.39 Å². The maximum absolute atomic E-state index is 14.6. The van der Waals surface area contributed by atoms with E-state index in [0.29, 0.717) is 11.0 Å². The molecule has 3 aromatic heterocycles. The predicted octanol–water partition coefficient (Wildman–Crippen LogP) is 4.10. The van der Waals surface area contributed by atoms with Gasteiger partial charge in [-0.15, -0.1) is 0 Å². The number of rotatable bonds is 1. The normalized spacial score (nSPS) is 12.4. The van der Waals surface area contributed by atoms with E-state index in [-0.39, 0.29) is 11.3 Å². The zero-order chi connectivity index (χ0) is 17.1. The van der Waals surface area contributed by atoms with Crippen LogP contribution in [0.5, 0.6) is 5.88 Å². The highest BCUT2D eigenvalue weighted by atomic mass is 19.1. The number of H-pyrrole nitrogens is 1. The smallest absolute Gasteiger partial charge is 0.217 e. The fourth-order valence-corrected chi connectivity index (χ4v) is 2.85. The number of pyridine rings is 2. The summed E-state index contributed by atoms with van der Waals surface area (Å²) in [5, 5.41) is 1.93. The van der Waals surface area contributed by atoms with Gasteiger partial charge in [0.1, 0.15) is 11.6 Å². The van der Waals surface area contributed by atoms with Gasteiger partial charge in [0.05, 0.1) is 23.5 Å². The van der Waals surface area contributed by atoms with Crippen LogP contribution < -0.4 is 4.74 Å². The minimum Gasteiger partial charge on any atom is -0.481 e. The zero-order valence-electron chi connectivity index (χ0n) is 13.9. The largest absolute Gasteiger partial charge is 0.481 e. The van der Waals surface area contributed by atoms with E-state index in [2.05, 4.69) is 35.7 Å². The minimum atomic E-state index is -0.402. The van der Waals surface area contributed by atoms with Gasteiger partial charge in [0.15, 0.2) is 5.65 Å². The highest BCUT2D eigenvalue weighted by Gasteiger charge is 2.20. The van der Waals surface area contributed by atoms with Gasteiger partial charge in [0.25, 0.3) is 0 Å². The van der Waals surface area contributed by atoms with Crippen molar-refractivity contribution in [2.24, 2.45) is 0 Å². The van der Waals surface area contributed by atoms with Crippen LogP contribution in [0.25, 0.3) is 32.8 Å². The number of imidazole rings is 1. The number of nitrogens with one attached hydrogen (secondary N) is 1. The number of hydrogen-bond acceptors (Lipinski definition) is 4.